The predicted molar refractivity (Wildman–Crippen MR) is 124 cm³/mol. The van der Waals surface area contributed by atoms with Gasteiger partial charge in [-0.3, -0.25) is 4.79 Å². The Labute approximate surface area is 189 Å². The van der Waals surface area contributed by atoms with E-state index >= 15 is 0 Å². The maximum absolute atomic E-state index is 12.8. The van der Waals surface area contributed by atoms with Gasteiger partial charge in [-0.1, -0.05) is 35.9 Å². The number of para-hydroxylation sites is 1. The van der Waals surface area contributed by atoms with Crippen molar-refractivity contribution in [3.05, 3.63) is 68.8 Å². The Morgan fingerprint density at radius 3 is 2.79 bits per heavy atom. The van der Waals surface area contributed by atoms with Crippen LogP contribution < -0.4 is 10.2 Å². The lowest BCUT2D eigenvalue weighted by Gasteiger charge is -2.18. The van der Waals surface area contributed by atoms with E-state index in [0.29, 0.717) is 36.6 Å². The van der Waals surface area contributed by atoms with Crippen LogP contribution in [0.25, 0.3) is 0 Å². The average molecular weight is 525 g/mol. The van der Waals surface area contributed by atoms with Gasteiger partial charge < -0.3 is 15.0 Å². The van der Waals surface area contributed by atoms with Crippen molar-refractivity contribution < 1.29 is 14.3 Å². The summed E-state index contributed by atoms with van der Waals surface area (Å²) >= 11 is 8.28. The maximum Gasteiger partial charge on any atom is 0.328 e. The topological polar surface area (TPSA) is 58.6 Å². The van der Waals surface area contributed by atoms with Crippen molar-refractivity contribution in [2.75, 3.05) is 23.4 Å². The predicted octanol–water partition coefficient (Wildman–Crippen LogP) is 5.04. The monoisotopic (exact) mass is 524 g/mol. The van der Waals surface area contributed by atoms with E-state index in [4.69, 9.17) is 16.3 Å². The second kappa shape index (κ2) is 10.1. The van der Waals surface area contributed by atoms with Gasteiger partial charge in [-0.05, 0) is 72.7 Å². The van der Waals surface area contributed by atoms with Gasteiger partial charge in [-0.25, -0.2) is 4.79 Å². The van der Waals surface area contributed by atoms with Crippen LogP contribution in [-0.2, 0) is 14.3 Å². The first-order valence-corrected chi connectivity index (χ1v) is 10.9. The molecule has 2 aromatic carbocycles. The summed E-state index contributed by atoms with van der Waals surface area (Å²) in [7, 11) is 0. The highest BCUT2D eigenvalue weighted by Crippen LogP contribution is 2.27. The maximum atomic E-state index is 12.8. The number of nitrogens with zero attached hydrogens (tertiary/aromatic N) is 1. The zero-order valence-electron chi connectivity index (χ0n) is 16.0. The third kappa shape index (κ3) is 5.51. The Kier molecular flexibility index (Phi) is 7.55. The van der Waals surface area contributed by atoms with Crippen LogP contribution in [0.5, 0.6) is 0 Å². The van der Waals surface area contributed by atoms with Gasteiger partial charge >= 0.3 is 5.97 Å². The summed E-state index contributed by atoms with van der Waals surface area (Å²) in [6.07, 6.45) is 2.85. The van der Waals surface area contributed by atoms with Crippen LogP contribution in [-0.4, -0.2) is 31.1 Å². The zero-order chi connectivity index (χ0) is 20.8. The molecule has 0 spiro atoms. The largest absolute Gasteiger partial charge is 0.464 e. The zero-order valence-corrected chi connectivity index (χ0v) is 18.9. The van der Waals surface area contributed by atoms with E-state index in [0.717, 1.165) is 14.9 Å². The van der Waals surface area contributed by atoms with Crippen molar-refractivity contribution >= 4 is 57.4 Å². The second-order valence-corrected chi connectivity index (χ2v) is 8.18. The Bertz CT molecular complexity index is 918. The smallest absolute Gasteiger partial charge is 0.328 e. The van der Waals surface area contributed by atoms with Crippen molar-refractivity contribution in [3.8, 4) is 0 Å². The number of halogens is 2. The molecule has 1 aliphatic heterocycles. The summed E-state index contributed by atoms with van der Waals surface area (Å²) in [5.74, 6) is -0.373. The fourth-order valence-corrected chi connectivity index (χ4v) is 3.83. The quantitative estimate of drug-likeness (QED) is 0.313. The number of carbonyl (C=O) groups excluding carboxylic acids is 2. The highest BCUT2D eigenvalue weighted by atomic mass is 127. The van der Waals surface area contributed by atoms with E-state index in [-0.39, 0.29) is 11.9 Å². The molecule has 5 nitrogen and oxygen atoms in total. The highest BCUT2D eigenvalue weighted by molar-refractivity contribution is 14.1. The average Bonchev–Trinajstić information content (AvgIpc) is 3.09. The van der Waals surface area contributed by atoms with Crippen molar-refractivity contribution in [2.24, 2.45) is 0 Å². The number of carbonyl (C=O) groups is 2. The number of anilines is 2. The molecule has 1 saturated heterocycles. The van der Waals surface area contributed by atoms with Gasteiger partial charge in [0.2, 0.25) is 0 Å². The van der Waals surface area contributed by atoms with E-state index in [1.165, 1.54) is 0 Å². The fraction of sp³-hybridized carbons (Fsp3) is 0.273. The number of hydrogen-bond donors (Lipinski definition) is 1. The lowest BCUT2D eigenvalue weighted by atomic mass is 10.1. The first-order valence-electron chi connectivity index (χ1n) is 9.43. The Hall–Kier alpha value is -2.06. The minimum absolute atomic E-state index is 0.0175. The molecule has 0 aromatic heterocycles. The molecule has 3 rings (SSSR count). The molecule has 2 aromatic rings. The number of ether oxygens (including phenoxy) is 1. The standard InChI is InChI=1S/C22H22ClIN2O3/c1-2-29-22(28)19(25-20-14-16(23)9-10-18(20)24)11-8-15-12-13-26(21(15)27)17-6-4-3-5-7-17/h3-10,14,19,25H,2,11-13H2,1H3/b15-8+. The second-order valence-electron chi connectivity index (χ2n) is 6.58. The molecular formula is C22H22ClIN2O3. The molecule has 0 saturated carbocycles. The van der Waals surface area contributed by atoms with Crippen LogP contribution in [0.4, 0.5) is 11.4 Å². The summed E-state index contributed by atoms with van der Waals surface area (Å²) in [5.41, 5.74) is 2.36. The lowest BCUT2D eigenvalue weighted by molar-refractivity contribution is -0.144. The molecule has 1 N–H and O–H groups in total. The third-order valence-electron chi connectivity index (χ3n) is 4.62. The molecule has 0 bridgehead atoms. The van der Waals surface area contributed by atoms with E-state index in [1.54, 1.807) is 24.0 Å². The van der Waals surface area contributed by atoms with Gasteiger partial charge in [0, 0.05) is 32.1 Å². The molecule has 1 unspecified atom stereocenters. The van der Waals surface area contributed by atoms with Gasteiger partial charge in [0.25, 0.3) is 5.91 Å². The first kappa shape index (κ1) is 21.6. The molecule has 0 radical (unpaired) electrons. The van der Waals surface area contributed by atoms with Gasteiger partial charge in [-0.15, -0.1) is 0 Å². The molecule has 1 heterocycles. The minimum atomic E-state index is -0.604. The van der Waals surface area contributed by atoms with E-state index in [9.17, 15) is 9.59 Å². The molecule has 29 heavy (non-hydrogen) atoms. The van der Waals surface area contributed by atoms with Gasteiger partial charge in [-0.2, -0.15) is 0 Å². The normalized spacial score (nSPS) is 16.2. The van der Waals surface area contributed by atoms with Crippen LogP contribution in [0.3, 0.4) is 0 Å². The van der Waals surface area contributed by atoms with Crippen LogP contribution in [0.2, 0.25) is 5.02 Å². The molecular weight excluding hydrogens is 503 g/mol. The summed E-state index contributed by atoms with van der Waals surface area (Å²) in [6.45, 7) is 2.70. The van der Waals surface area contributed by atoms with Crippen LogP contribution in [0.1, 0.15) is 19.8 Å². The van der Waals surface area contributed by atoms with Gasteiger partial charge in [0.1, 0.15) is 6.04 Å². The van der Waals surface area contributed by atoms with E-state index in [1.807, 2.05) is 42.5 Å². The van der Waals surface area contributed by atoms with Crippen LogP contribution in [0, 0.1) is 3.57 Å². The summed E-state index contributed by atoms with van der Waals surface area (Å²) in [4.78, 5) is 27.0. The molecule has 1 aliphatic rings. The number of esters is 1. The van der Waals surface area contributed by atoms with Crippen LogP contribution >= 0.6 is 34.2 Å². The molecule has 1 fully saturated rings. The van der Waals surface area contributed by atoms with Crippen molar-refractivity contribution in [2.45, 2.75) is 25.8 Å². The van der Waals surface area contributed by atoms with E-state index in [2.05, 4.69) is 27.9 Å². The Morgan fingerprint density at radius 1 is 1.31 bits per heavy atom. The van der Waals surface area contributed by atoms with Gasteiger partial charge in [0.15, 0.2) is 0 Å². The van der Waals surface area contributed by atoms with Crippen LogP contribution in [0.15, 0.2) is 60.2 Å². The first-order chi connectivity index (χ1) is 14.0. The fourth-order valence-electron chi connectivity index (χ4n) is 3.17. The number of hydrogen-bond acceptors (Lipinski definition) is 4. The Balaban J connectivity index is 1.75. The number of benzene rings is 2. The van der Waals surface area contributed by atoms with Crippen molar-refractivity contribution in [1.82, 2.24) is 0 Å². The van der Waals surface area contributed by atoms with Gasteiger partial charge in [0.05, 0.1) is 6.61 Å². The summed E-state index contributed by atoms with van der Waals surface area (Å²) in [5, 5.41) is 3.80. The number of amides is 1. The Morgan fingerprint density at radius 2 is 2.07 bits per heavy atom. The van der Waals surface area contributed by atoms with Crippen molar-refractivity contribution in [3.63, 3.8) is 0 Å². The van der Waals surface area contributed by atoms with Crippen molar-refractivity contribution in [1.29, 1.82) is 0 Å². The molecule has 152 valence electrons. The number of rotatable bonds is 7. The summed E-state index contributed by atoms with van der Waals surface area (Å²) in [6, 6.07) is 14.4. The number of nitrogens with one attached hydrogen (secondary N) is 1. The van der Waals surface area contributed by atoms with E-state index < -0.39 is 6.04 Å². The molecule has 0 aliphatic carbocycles. The minimum Gasteiger partial charge on any atom is -0.464 e. The third-order valence-corrected chi connectivity index (χ3v) is 5.80. The molecule has 1 atom stereocenters. The lowest BCUT2D eigenvalue weighted by Crippen LogP contribution is -2.31. The molecule has 1 amide bonds. The molecule has 7 heteroatoms. The summed E-state index contributed by atoms with van der Waals surface area (Å²) < 4.78 is 6.16. The SMILES string of the molecule is CCOC(=O)C(C/C=C1\CCN(c2ccccc2)C1=O)Nc1cc(Cl)ccc1I. The highest BCUT2D eigenvalue weighted by Gasteiger charge is 2.28.